The number of benzene rings is 1. The number of nitrogen functional groups attached to an aromatic ring is 1. The van der Waals surface area contributed by atoms with Gasteiger partial charge in [0.05, 0.1) is 10.7 Å². The molecule has 0 bridgehead atoms. The average molecular weight is 293 g/mol. The first-order valence-electron chi connectivity index (χ1n) is 5.88. The number of esters is 1. The smallest absolute Gasteiger partial charge is 0.344 e. The number of nitrogens with two attached hydrogens (primary N) is 1. The summed E-state index contributed by atoms with van der Waals surface area (Å²) in [4.78, 5) is 15.4. The summed E-state index contributed by atoms with van der Waals surface area (Å²) in [7, 11) is 0. The second-order valence-electron chi connectivity index (χ2n) is 3.95. The fraction of sp³-hybridized carbons (Fsp3) is 0.143. The van der Waals surface area contributed by atoms with Crippen molar-refractivity contribution >= 4 is 23.3 Å². The highest BCUT2D eigenvalue weighted by Crippen LogP contribution is 2.19. The number of carbonyl (C=O) groups is 1. The number of para-hydroxylation sites is 2. The Balaban J connectivity index is 1.82. The highest BCUT2D eigenvalue weighted by Gasteiger charge is 2.08. The Hall–Kier alpha value is -2.27. The van der Waals surface area contributed by atoms with Gasteiger partial charge in [-0.15, -0.1) is 0 Å². The molecule has 0 atom stereocenters. The fourth-order valence-corrected chi connectivity index (χ4v) is 1.64. The molecule has 1 heterocycles. The first-order chi connectivity index (χ1) is 9.66. The predicted molar refractivity (Wildman–Crippen MR) is 75.4 cm³/mol. The first-order valence-corrected chi connectivity index (χ1v) is 6.26. The number of halogens is 1. The van der Waals surface area contributed by atoms with Crippen molar-refractivity contribution in [3.63, 3.8) is 0 Å². The van der Waals surface area contributed by atoms with Crippen molar-refractivity contribution in [1.82, 2.24) is 4.98 Å². The standard InChI is InChI=1S/C14H13ClN2O3/c15-11-7-17-6-5-10(11)8-20-14(18)9-19-13-4-2-1-3-12(13)16/h1-7H,8-9,16H2. The van der Waals surface area contributed by atoms with E-state index in [2.05, 4.69) is 4.98 Å². The van der Waals surface area contributed by atoms with Crippen LogP contribution in [0.15, 0.2) is 42.7 Å². The molecule has 0 amide bonds. The summed E-state index contributed by atoms with van der Waals surface area (Å²) in [5.41, 5.74) is 6.85. The molecule has 0 spiro atoms. The molecule has 2 rings (SSSR count). The van der Waals surface area contributed by atoms with Crippen LogP contribution >= 0.6 is 11.6 Å². The van der Waals surface area contributed by atoms with Gasteiger partial charge in [-0.25, -0.2) is 4.79 Å². The maximum Gasteiger partial charge on any atom is 0.344 e. The molecule has 6 heteroatoms. The minimum atomic E-state index is -0.499. The monoisotopic (exact) mass is 292 g/mol. The van der Waals surface area contributed by atoms with E-state index in [0.717, 1.165) is 0 Å². The summed E-state index contributed by atoms with van der Waals surface area (Å²) in [6.45, 7) is -0.134. The largest absolute Gasteiger partial charge is 0.480 e. The Labute approximate surface area is 121 Å². The number of hydrogen-bond donors (Lipinski definition) is 1. The second kappa shape index (κ2) is 6.77. The summed E-state index contributed by atoms with van der Waals surface area (Å²) in [5, 5.41) is 0.452. The quantitative estimate of drug-likeness (QED) is 0.677. The highest BCUT2D eigenvalue weighted by atomic mass is 35.5. The molecule has 0 aliphatic rings. The van der Waals surface area contributed by atoms with Gasteiger partial charge in [0.25, 0.3) is 0 Å². The molecule has 104 valence electrons. The van der Waals surface area contributed by atoms with Gasteiger partial charge in [0.15, 0.2) is 6.61 Å². The van der Waals surface area contributed by atoms with Gasteiger partial charge in [0.2, 0.25) is 0 Å². The molecule has 0 radical (unpaired) electrons. The van der Waals surface area contributed by atoms with Gasteiger partial charge in [0.1, 0.15) is 12.4 Å². The van der Waals surface area contributed by atoms with Crippen molar-refractivity contribution < 1.29 is 14.3 Å². The van der Waals surface area contributed by atoms with E-state index in [1.165, 1.54) is 6.20 Å². The van der Waals surface area contributed by atoms with Crippen LogP contribution < -0.4 is 10.5 Å². The molecule has 0 aliphatic carbocycles. The second-order valence-corrected chi connectivity index (χ2v) is 4.36. The molecule has 1 aromatic heterocycles. The lowest BCUT2D eigenvalue weighted by atomic mass is 10.3. The lowest BCUT2D eigenvalue weighted by Gasteiger charge is -2.09. The number of pyridine rings is 1. The van der Waals surface area contributed by atoms with Crippen LogP contribution in [-0.4, -0.2) is 17.6 Å². The minimum absolute atomic E-state index is 0.0772. The normalized spacial score (nSPS) is 10.1. The number of anilines is 1. The van der Waals surface area contributed by atoms with E-state index < -0.39 is 5.97 Å². The lowest BCUT2D eigenvalue weighted by Crippen LogP contribution is -2.15. The molecule has 5 nitrogen and oxygen atoms in total. The van der Waals surface area contributed by atoms with Crippen LogP contribution in [0.25, 0.3) is 0 Å². The maximum absolute atomic E-state index is 11.6. The number of rotatable bonds is 5. The minimum Gasteiger partial charge on any atom is -0.480 e. The number of nitrogens with zero attached hydrogens (tertiary/aromatic N) is 1. The lowest BCUT2D eigenvalue weighted by molar-refractivity contribution is -0.147. The van der Waals surface area contributed by atoms with Crippen LogP contribution in [0, 0.1) is 0 Å². The van der Waals surface area contributed by atoms with Gasteiger partial charge in [0, 0.05) is 18.0 Å². The Bertz CT molecular complexity index is 553. The predicted octanol–water partition coefficient (Wildman–Crippen LogP) is 2.44. The maximum atomic E-state index is 11.6. The van der Waals surface area contributed by atoms with Crippen molar-refractivity contribution in [3.05, 3.63) is 53.3 Å². The molecule has 0 unspecified atom stereocenters. The van der Waals surface area contributed by atoms with Crippen LogP contribution in [0.5, 0.6) is 5.75 Å². The molecule has 0 fully saturated rings. The van der Waals surface area contributed by atoms with Gasteiger partial charge in [-0.1, -0.05) is 23.7 Å². The zero-order valence-corrected chi connectivity index (χ0v) is 11.3. The van der Waals surface area contributed by atoms with Crippen molar-refractivity contribution in [3.8, 4) is 5.75 Å². The number of aromatic nitrogens is 1. The number of carbonyl (C=O) groups excluding carboxylic acids is 1. The van der Waals surface area contributed by atoms with Crippen LogP contribution in [0.3, 0.4) is 0 Å². The summed E-state index contributed by atoms with van der Waals surface area (Å²) in [6.07, 6.45) is 3.07. The van der Waals surface area contributed by atoms with Crippen LogP contribution in [0.2, 0.25) is 5.02 Å². The summed E-state index contributed by atoms with van der Waals surface area (Å²) < 4.78 is 10.3. The molecule has 2 N–H and O–H groups in total. The molecule has 0 aliphatic heterocycles. The molecule has 20 heavy (non-hydrogen) atoms. The Morgan fingerprint density at radius 1 is 1.30 bits per heavy atom. The van der Waals surface area contributed by atoms with Crippen LogP contribution in [0.4, 0.5) is 5.69 Å². The van der Waals surface area contributed by atoms with Gasteiger partial charge in [-0.05, 0) is 18.2 Å². The Kier molecular flexibility index (Phi) is 4.79. The van der Waals surface area contributed by atoms with Crippen LogP contribution in [-0.2, 0) is 16.1 Å². The highest BCUT2D eigenvalue weighted by molar-refractivity contribution is 6.31. The van der Waals surface area contributed by atoms with E-state index in [4.69, 9.17) is 26.8 Å². The van der Waals surface area contributed by atoms with Gasteiger partial charge in [-0.3, -0.25) is 4.98 Å². The molecule has 0 saturated heterocycles. The Morgan fingerprint density at radius 2 is 2.10 bits per heavy atom. The van der Waals surface area contributed by atoms with Gasteiger partial charge >= 0.3 is 5.97 Å². The molecular formula is C14H13ClN2O3. The third-order valence-electron chi connectivity index (χ3n) is 2.51. The van der Waals surface area contributed by atoms with Gasteiger partial charge in [-0.2, -0.15) is 0 Å². The van der Waals surface area contributed by atoms with E-state index in [1.54, 1.807) is 36.5 Å². The summed E-state index contributed by atoms with van der Waals surface area (Å²) in [5.74, 6) is -0.0486. The van der Waals surface area contributed by atoms with E-state index in [-0.39, 0.29) is 13.2 Å². The number of ether oxygens (including phenoxy) is 2. The molecular weight excluding hydrogens is 280 g/mol. The van der Waals surface area contributed by atoms with Crippen molar-refractivity contribution in [2.45, 2.75) is 6.61 Å². The summed E-state index contributed by atoms with van der Waals surface area (Å²) >= 11 is 5.90. The van der Waals surface area contributed by atoms with E-state index in [0.29, 0.717) is 22.0 Å². The third kappa shape index (κ3) is 3.86. The van der Waals surface area contributed by atoms with Gasteiger partial charge < -0.3 is 15.2 Å². The average Bonchev–Trinajstić information content (AvgIpc) is 2.45. The SMILES string of the molecule is Nc1ccccc1OCC(=O)OCc1ccncc1Cl. The first kappa shape index (κ1) is 14.1. The zero-order valence-electron chi connectivity index (χ0n) is 10.6. The Morgan fingerprint density at radius 3 is 2.85 bits per heavy atom. The van der Waals surface area contributed by atoms with Crippen molar-refractivity contribution in [1.29, 1.82) is 0 Å². The zero-order chi connectivity index (χ0) is 14.4. The molecule has 0 saturated carbocycles. The van der Waals surface area contributed by atoms with E-state index >= 15 is 0 Å². The van der Waals surface area contributed by atoms with E-state index in [1.807, 2.05) is 0 Å². The van der Waals surface area contributed by atoms with Crippen molar-refractivity contribution in [2.75, 3.05) is 12.3 Å². The molecule has 1 aromatic carbocycles. The third-order valence-corrected chi connectivity index (χ3v) is 2.85. The number of hydrogen-bond acceptors (Lipinski definition) is 5. The summed E-state index contributed by atoms with van der Waals surface area (Å²) in [6, 6.07) is 8.62. The topological polar surface area (TPSA) is 74.4 Å². The van der Waals surface area contributed by atoms with Crippen molar-refractivity contribution in [2.24, 2.45) is 0 Å². The van der Waals surface area contributed by atoms with E-state index in [9.17, 15) is 4.79 Å². The van der Waals surface area contributed by atoms with Crippen LogP contribution in [0.1, 0.15) is 5.56 Å². The molecule has 2 aromatic rings. The fourth-order valence-electron chi connectivity index (χ4n) is 1.47.